The summed E-state index contributed by atoms with van der Waals surface area (Å²) in [4.78, 5) is 10.4. The number of rotatable bonds is 5. The van der Waals surface area contributed by atoms with E-state index in [2.05, 4.69) is 5.32 Å². The van der Waals surface area contributed by atoms with Crippen LogP contribution in [-0.2, 0) is 4.79 Å². The lowest BCUT2D eigenvalue weighted by molar-refractivity contribution is -0.139. The predicted octanol–water partition coefficient (Wildman–Crippen LogP) is -0.356. The summed E-state index contributed by atoms with van der Waals surface area (Å²) in [7, 11) is 0. The summed E-state index contributed by atoms with van der Waals surface area (Å²) in [6.45, 7) is 4.86. The van der Waals surface area contributed by atoms with Gasteiger partial charge in [-0.25, -0.2) is 0 Å². The molecule has 0 saturated heterocycles. The summed E-state index contributed by atoms with van der Waals surface area (Å²) in [6.07, 6.45) is 0. The minimum atomic E-state index is -0.881. The molecule has 0 aromatic carbocycles. The van der Waals surface area contributed by atoms with Crippen LogP contribution >= 0.6 is 0 Å². The second kappa shape index (κ2) is 5.09. The zero-order chi connectivity index (χ0) is 8.85. The van der Waals surface area contributed by atoms with E-state index in [-0.39, 0.29) is 6.54 Å². The van der Waals surface area contributed by atoms with Gasteiger partial charge in [-0.3, -0.25) is 4.79 Å². The molecule has 0 fully saturated rings. The number of hydrogen-bond acceptors (Lipinski definition) is 3. The van der Waals surface area contributed by atoms with E-state index in [1.165, 1.54) is 0 Å². The first-order valence-corrected chi connectivity index (χ1v) is 3.74. The summed E-state index contributed by atoms with van der Waals surface area (Å²) in [5.74, 6) is -0.434. The lowest BCUT2D eigenvalue weighted by Crippen LogP contribution is -2.44. The van der Waals surface area contributed by atoms with Crippen molar-refractivity contribution in [3.05, 3.63) is 0 Å². The molecule has 4 nitrogen and oxygen atoms in total. The highest BCUT2D eigenvalue weighted by Gasteiger charge is 2.13. The van der Waals surface area contributed by atoms with E-state index in [4.69, 9.17) is 10.8 Å². The van der Waals surface area contributed by atoms with Crippen LogP contribution in [0.25, 0.3) is 0 Å². The Bertz CT molecular complexity index is 126. The largest absolute Gasteiger partial charge is 0.480 e. The molecule has 4 N–H and O–H groups in total. The van der Waals surface area contributed by atoms with Crippen molar-refractivity contribution in [2.45, 2.75) is 19.9 Å². The molecule has 1 atom stereocenters. The van der Waals surface area contributed by atoms with Crippen LogP contribution in [0.1, 0.15) is 13.8 Å². The molecule has 0 aromatic heterocycles. The smallest absolute Gasteiger partial charge is 0.322 e. The second-order valence-corrected chi connectivity index (χ2v) is 2.93. The maximum absolute atomic E-state index is 10.4. The highest BCUT2D eigenvalue weighted by atomic mass is 16.4. The fraction of sp³-hybridized carbons (Fsp3) is 0.857. The molecule has 0 heterocycles. The molecule has 66 valence electrons. The van der Waals surface area contributed by atoms with E-state index in [9.17, 15) is 4.79 Å². The maximum Gasteiger partial charge on any atom is 0.322 e. The first kappa shape index (κ1) is 10.4. The van der Waals surface area contributed by atoms with E-state index in [1.54, 1.807) is 0 Å². The van der Waals surface area contributed by atoms with Gasteiger partial charge in [0, 0.05) is 6.54 Å². The van der Waals surface area contributed by atoms with Crippen LogP contribution in [0.4, 0.5) is 0 Å². The van der Waals surface area contributed by atoms with Crippen LogP contribution < -0.4 is 11.1 Å². The van der Waals surface area contributed by atoms with E-state index in [0.717, 1.165) is 0 Å². The van der Waals surface area contributed by atoms with E-state index < -0.39 is 12.0 Å². The molecule has 0 radical (unpaired) electrons. The van der Waals surface area contributed by atoms with Crippen molar-refractivity contribution >= 4 is 5.97 Å². The molecule has 0 rings (SSSR count). The van der Waals surface area contributed by atoms with Crippen molar-refractivity contribution in [3.8, 4) is 0 Å². The minimum Gasteiger partial charge on any atom is -0.480 e. The molecular formula is C7H16N2O2. The predicted molar refractivity (Wildman–Crippen MR) is 43.3 cm³/mol. The molecule has 0 amide bonds. The third kappa shape index (κ3) is 4.75. The number of carboxylic acids is 1. The molecule has 1 unspecified atom stereocenters. The number of carbonyl (C=O) groups is 1. The molecule has 0 aliphatic heterocycles. The topological polar surface area (TPSA) is 75.3 Å². The Morgan fingerprint density at radius 1 is 1.64 bits per heavy atom. The average Bonchev–Trinajstić information content (AvgIpc) is 1.87. The van der Waals surface area contributed by atoms with Gasteiger partial charge in [-0.15, -0.1) is 0 Å². The van der Waals surface area contributed by atoms with Crippen LogP contribution in [0.3, 0.4) is 0 Å². The molecule has 0 saturated carbocycles. The first-order chi connectivity index (χ1) is 5.07. The van der Waals surface area contributed by atoms with Crippen molar-refractivity contribution in [1.82, 2.24) is 5.32 Å². The number of aliphatic carboxylic acids is 1. The summed E-state index contributed by atoms with van der Waals surface area (Å²) in [5, 5.41) is 11.4. The molecular weight excluding hydrogens is 144 g/mol. The Morgan fingerprint density at radius 3 is 2.45 bits per heavy atom. The van der Waals surface area contributed by atoms with Crippen molar-refractivity contribution in [3.63, 3.8) is 0 Å². The highest BCUT2D eigenvalue weighted by molar-refractivity contribution is 5.73. The minimum absolute atomic E-state index is 0.141. The van der Waals surface area contributed by atoms with Crippen molar-refractivity contribution in [1.29, 1.82) is 0 Å². The summed E-state index contributed by atoms with van der Waals surface area (Å²) >= 11 is 0. The van der Waals surface area contributed by atoms with E-state index >= 15 is 0 Å². The second-order valence-electron chi connectivity index (χ2n) is 2.93. The zero-order valence-electron chi connectivity index (χ0n) is 7.00. The quantitative estimate of drug-likeness (QED) is 0.513. The molecule has 0 spiro atoms. The SMILES string of the molecule is CC(C)CNC(CN)C(=O)O. The van der Waals surface area contributed by atoms with Crippen molar-refractivity contribution in [2.24, 2.45) is 11.7 Å². The molecule has 0 bridgehead atoms. The molecule has 0 aromatic rings. The Hall–Kier alpha value is -0.610. The molecule has 4 heteroatoms. The van der Waals surface area contributed by atoms with Crippen LogP contribution in [0.5, 0.6) is 0 Å². The molecule has 0 aliphatic carbocycles. The van der Waals surface area contributed by atoms with Gasteiger partial charge in [0.2, 0.25) is 0 Å². The van der Waals surface area contributed by atoms with Crippen molar-refractivity contribution < 1.29 is 9.90 Å². The Labute approximate surface area is 66.8 Å². The number of nitrogens with one attached hydrogen (secondary N) is 1. The highest BCUT2D eigenvalue weighted by Crippen LogP contribution is 1.89. The van der Waals surface area contributed by atoms with Gasteiger partial charge >= 0.3 is 5.97 Å². The number of carboxylic acid groups (broad SMARTS) is 1. The third-order valence-electron chi connectivity index (χ3n) is 1.31. The van der Waals surface area contributed by atoms with Gasteiger partial charge in [0.1, 0.15) is 6.04 Å². The standard InChI is InChI=1S/C7H16N2O2/c1-5(2)4-9-6(3-8)7(10)11/h5-6,9H,3-4,8H2,1-2H3,(H,10,11). The van der Waals surface area contributed by atoms with Crippen LogP contribution in [0.2, 0.25) is 0 Å². The number of hydrogen-bond donors (Lipinski definition) is 3. The Morgan fingerprint density at radius 2 is 2.18 bits per heavy atom. The van der Waals surface area contributed by atoms with Gasteiger partial charge in [0.15, 0.2) is 0 Å². The summed E-state index contributed by atoms with van der Waals surface area (Å²) in [5.41, 5.74) is 5.22. The van der Waals surface area contributed by atoms with Gasteiger partial charge in [0.25, 0.3) is 0 Å². The Balaban J connectivity index is 3.61. The van der Waals surface area contributed by atoms with Crippen LogP contribution in [-0.4, -0.2) is 30.2 Å². The van der Waals surface area contributed by atoms with E-state index in [0.29, 0.717) is 12.5 Å². The van der Waals surface area contributed by atoms with Crippen LogP contribution in [0, 0.1) is 5.92 Å². The number of nitrogens with two attached hydrogens (primary N) is 1. The first-order valence-electron chi connectivity index (χ1n) is 3.74. The monoisotopic (exact) mass is 160 g/mol. The zero-order valence-corrected chi connectivity index (χ0v) is 7.00. The molecule has 0 aliphatic rings. The van der Waals surface area contributed by atoms with Crippen molar-refractivity contribution in [2.75, 3.05) is 13.1 Å². The van der Waals surface area contributed by atoms with Gasteiger partial charge in [-0.2, -0.15) is 0 Å². The lowest BCUT2D eigenvalue weighted by Gasteiger charge is -2.13. The summed E-state index contributed by atoms with van der Waals surface area (Å²) < 4.78 is 0. The fourth-order valence-corrected chi connectivity index (χ4v) is 0.649. The third-order valence-corrected chi connectivity index (χ3v) is 1.31. The summed E-state index contributed by atoms with van der Waals surface area (Å²) in [6, 6.07) is -0.600. The molecule has 11 heavy (non-hydrogen) atoms. The fourth-order valence-electron chi connectivity index (χ4n) is 0.649. The van der Waals surface area contributed by atoms with Crippen LogP contribution in [0.15, 0.2) is 0 Å². The van der Waals surface area contributed by atoms with E-state index in [1.807, 2.05) is 13.8 Å². The average molecular weight is 160 g/mol. The van der Waals surface area contributed by atoms with Gasteiger partial charge in [0.05, 0.1) is 0 Å². The Kier molecular flexibility index (Phi) is 4.81. The van der Waals surface area contributed by atoms with Gasteiger partial charge < -0.3 is 16.2 Å². The lowest BCUT2D eigenvalue weighted by atomic mass is 10.2. The normalized spacial score (nSPS) is 13.5. The van der Waals surface area contributed by atoms with Gasteiger partial charge in [-0.1, -0.05) is 13.8 Å². The van der Waals surface area contributed by atoms with Gasteiger partial charge in [-0.05, 0) is 12.5 Å². The maximum atomic E-state index is 10.4.